The Kier molecular flexibility index (Phi) is 4.08. The molecule has 0 bridgehead atoms. The van der Waals surface area contributed by atoms with Crippen molar-refractivity contribution in [1.82, 2.24) is 10.2 Å². The average Bonchev–Trinajstić information content (AvgIpc) is 2.88. The number of hydrogen-bond donors (Lipinski definition) is 1. The third kappa shape index (κ3) is 2.35. The van der Waals surface area contributed by atoms with E-state index >= 15 is 0 Å². The Labute approximate surface area is 105 Å². The molecule has 0 aromatic rings. The van der Waals surface area contributed by atoms with E-state index in [0.29, 0.717) is 11.9 Å². The van der Waals surface area contributed by atoms with E-state index in [0.717, 1.165) is 38.9 Å². The van der Waals surface area contributed by atoms with Gasteiger partial charge in [-0.05, 0) is 45.1 Å². The molecule has 0 spiro atoms. The minimum atomic E-state index is -0.0925. The first-order valence-corrected chi connectivity index (χ1v) is 7.25. The molecule has 0 radical (unpaired) electrons. The summed E-state index contributed by atoms with van der Waals surface area (Å²) >= 11 is 0. The fourth-order valence-corrected chi connectivity index (χ4v) is 3.38. The minimum absolute atomic E-state index is 0.0925. The van der Waals surface area contributed by atoms with Gasteiger partial charge < -0.3 is 10.2 Å². The number of piperidine rings is 1. The summed E-state index contributed by atoms with van der Waals surface area (Å²) in [5.74, 6) is 0.427. The van der Waals surface area contributed by atoms with Crippen molar-refractivity contribution < 1.29 is 4.79 Å². The minimum Gasteiger partial charge on any atom is -0.339 e. The van der Waals surface area contributed by atoms with Gasteiger partial charge in [-0.15, -0.1) is 0 Å². The highest BCUT2D eigenvalue weighted by molar-refractivity contribution is 5.83. The molecule has 2 heterocycles. The quantitative estimate of drug-likeness (QED) is 0.817. The summed E-state index contributed by atoms with van der Waals surface area (Å²) in [6, 6.07) is 0.500. The average molecular weight is 238 g/mol. The SMILES string of the molecule is CCC1CCCCN1C(=O)C1(CC)CCNC1. The molecular formula is C14H26N2O. The highest BCUT2D eigenvalue weighted by Crippen LogP contribution is 2.34. The molecule has 2 aliphatic rings. The number of carbonyl (C=O) groups is 1. The molecule has 2 atom stereocenters. The first-order chi connectivity index (χ1) is 8.23. The third-order valence-corrected chi connectivity index (χ3v) is 4.73. The van der Waals surface area contributed by atoms with Crippen LogP contribution in [0.25, 0.3) is 0 Å². The second-order valence-corrected chi connectivity index (χ2v) is 5.62. The Bertz CT molecular complexity index is 271. The van der Waals surface area contributed by atoms with Crippen LogP contribution in [0.2, 0.25) is 0 Å². The number of nitrogens with one attached hydrogen (secondary N) is 1. The topological polar surface area (TPSA) is 32.3 Å². The van der Waals surface area contributed by atoms with Gasteiger partial charge in [0.2, 0.25) is 5.91 Å². The second-order valence-electron chi connectivity index (χ2n) is 5.62. The Morgan fingerprint density at radius 2 is 2.24 bits per heavy atom. The van der Waals surface area contributed by atoms with Crippen molar-refractivity contribution in [2.75, 3.05) is 19.6 Å². The zero-order valence-electron chi connectivity index (χ0n) is 11.3. The first-order valence-electron chi connectivity index (χ1n) is 7.25. The van der Waals surface area contributed by atoms with Crippen LogP contribution in [-0.4, -0.2) is 36.5 Å². The van der Waals surface area contributed by atoms with Gasteiger partial charge in [0.25, 0.3) is 0 Å². The Morgan fingerprint density at radius 1 is 1.41 bits per heavy atom. The van der Waals surface area contributed by atoms with Crippen LogP contribution in [0.1, 0.15) is 52.4 Å². The summed E-state index contributed by atoms with van der Waals surface area (Å²) in [4.78, 5) is 15.0. The van der Waals surface area contributed by atoms with Gasteiger partial charge in [-0.1, -0.05) is 13.8 Å². The van der Waals surface area contributed by atoms with Crippen molar-refractivity contribution in [2.24, 2.45) is 5.41 Å². The van der Waals surface area contributed by atoms with Gasteiger partial charge in [-0.25, -0.2) is 0 Å². The summed E-state index contributed by atoms with van der Waals surface area (Å²) in [5, 5.41) is 3.37. The molecule has 17 heavy (non-hydrogen) atoms. The summed E-state index contributed by atoms with van der Waals surface area (Å²) in [5.41, 5.74) is -0.0925. The summed E-state index contributed by atoms with van der Waals surface area (Å²) in [6.07, 6.45) is 6.80. The van der Waals surface area contributed by atoms with E-state index in [1.165, 1.54) is 19.3 Å². The van der Waals surface area contributed by atoms with Crippen LogP contribution in [0.4, 0.5) is 0 Å². The van der Waals surface area contributed by atoms with Crippen LogP contribution in [0, 0.1) is 5.41 Å². The molecule has 1 amide bonds. The molecule has 2 rings (SSSR count). The number of likely N-dealkylation sites (tertiary alicyclic amines) is 1. The maximum absolute atomic E-state index is 12.8. The van der Waals surface area contributed by atoms with E-state index in [2.05, 4.69) is 24.1 Å². The zero-order valence-corrected chi connectivity index (χ0v) is 11.3. The molecular weight excluding hydrogens is 212 g/mol. The lowest BCUT2D eigenvalue weighted by molar-refractivity contribution is -0.145. The molecule has 1 N–H and O–H groups in total. The Morgan fingerprint density at radius 3 is 2.82 bits per heavy atom. The smallest absolute Gasteiger partial charge is 0.230 e. The third-order valence-electron chi connectivity index (χ3n) is 4.73. The van der Waals surface area contributed by atoms with Gasteiger partial charge >= 0.3 is 0 Å². The van der Waals surface area contributed by atoms with Crippen LogP contribution in [-0.2, 0) is 4.79 Å². The van der Waals surface area contributed by atoms with Crippen molar-refractivity contribution in [2.45, 2.75) is 58.4 Å². The second kappa shape index (κ2) is 5.38. The van der Waals surface area contributed by atoms with Crippen LogP contribution >= 0.6 is 0 Å². The molecule has 0 aromatic heterocycles. The maximum atomic E-state index is 12.8. The van der Waals surface area contributed by atoms with Gasteiger partial charge in [0.05, 0.1) is 5.41 Å². The number of rotatable bonds is 3. The van der Waals surface area contributed by atoms with Crippen LogP contribution in [0.3, 0.4) is 0 Å². The lowest BCUT2D eigenvalue weighted by atomic mass is 9.81. The molecule has 0 aromatic carbocycles. The molecule has 2 saturated heterocycles. The van der Waals surface area contributed by atoms with Gasteiger partial charge in [-0.3, -0.25) is 4.79 Å². The lowest BCUT2D eigenvalue weighted by Crippen LogP contribution is -2.51. The Hall–Kier alpha value is -0.570. The van der Waals surface area contributed by atoms with E-state index in [-0.39, 0.29) is 5.41 Å². The largest absolute Gasteiger partial charge is 0.339 e. The van der Waals surface area contributed by atoms with Crippen molar-refractivity contribution in [3.05, 3.63) is 0 Å². The maximum Gasteiger partial charge on any atom is 0.230 e. The fraction of sp³-hybridized carbons (Fsp3) is 0.929. The van der Waals surface area contributed by atoms with E-state index in [1.54, 1.807) is 0 Å². The van der Waals surface area contributed by atoms with E-state index in [4.69, 9.17) is 0 Å². The number of hydrogen-bond acceptors (Lipinski definition) is 2. The van der Waals surface area contributed by atoms with Gasteiger partial charge in [0.1, 0.15) is 0 Å². The van der Waals surface area contributed by atoms with Gasteiger partial charge in [-0.2, -0.15) is 0 Å². The lowest BCUT2D eigenvalue weighted by Gasteiger charge is -2.40. The standard InChI is InChI=1S/C14H26N2O/c1-3-12-7-5-6-10-16(12)13(17)14(4-2)8-9-15-11-14/h12,15H,3-11H2,1-2H3. The summed E-state index contributed by atoms with van der Waals surface area (Å²) in [6.45, 7) is 7.25. The fourth-order valence-electron chi connectivity index (χ4n) is 3.38. The Balaban J connectivity index is 2.11. The first kappa shape index (κ1) is 12.9. The molecule has 3 nitrogen and oxygen atoms in total. The molecule has 0 saturated carbocycles. The van der Waals surface area contributed by atoms with Crippen molar-refractivity contribution >= 4 is 5.91 Å². The van der Waals surface area contributed by atoms with E-state index < -0.39 is 0 Å². The normalized spacial score (nSPS) is 34.0. The van der Waals surface area contributed by atoms with Crippen LogP contribution in [0.5, 0.6) is 0 Å². The molecule has 2 fully saturated rings. The highest BCUT2D eigenvalue weighted by atomic mass is 16.2. The predicted octanol–water partition coefficient (Wildman–Crippen LogP) is 2.17. The summed E-state index contributed by atoms with van der Waals surface area (Å²) in [7, 11) is 0. The highest BCUT2D eigenvalue weighted by Gasteiger charge is 2.43. The number of carbonyl (C=O) groups excluding carboxylic acids is 1. The number of nitrogens with zero attached hydrogens (tertiary/aromatic N) is 1. The monoisotopic (exact) mass is 238 g/mol. The van der Waals surface area contributed by atoms with Crippen molar-refractivity contribution in [1.29, 1.82) is 0 Å². The zero-order chi connectivity index (χ0) is 12.3. The molecule has 0 aliphatic carbocycles. The van der Waals surface area contributed by atoms with Crippen molar-refractivity contribution in [3.63, 3.8) is 0 Å². The van der Waals surface area contributed by atoms with Gasteiger partial charge in [0.15, 0.2) is 0 Å². The predicted molar refractivity (Wildman–Crippen MR) is 69.9 cm³/mol. The van der Waals surface area contributed by atoms with Crippen molar-refractivity contribution in [3.8, 4) is 0 Å². The van der Waals surface area contributed by atoms with Gasteiger partial charge in [0, 0.05) is 19.1 Å². The molecule has 98 valence electrons. The summed E-state index contributed by atoms with van der Waals surface area (Å²) < 4.78 is 0. The van der Waals surface area contributed by atoms with Crippen LogP contribution < -0.4 is 5.32 Å². The molecule has 2 aliphatic heterocycles. The molecule has 2 unspecified atom stereocenters. The molecule has 3 heteroatoms. The van der Waals surface area contributed by atoms with Crippen LogP contribution in [0.15, 0.2) is 0 Å². The van der Waals surface area contributed by atoms with E-state index in [1.807, 2.05) is 0 Å². The number of amides is 1. The van der Waals surface area contributed by atoms with E-state index in [9.17, 15) is 4.79 Å².